The Morgan fingerprint density at radius 3 is 2.88 bits per heavy atom. The second-order valence-corrected chi connectivity index (χ2v) is 5.94. The number of carbonyl (C=O) groups is 1. The second-order valence-electron chi connectivity index (χ2n) is 5.94. The van der Waals surface area contributed by atoms with Gasteiger partial charge in [-0.15, -0.1) is 0 Å². The van der Waals surface area contributed by atoms with E-state index >= 15 is 0 Å². The molecule has 2 aromatic rings. The summed E-state index contributed by atoms with van der Waals surface area (Å²) < 4.78 is 13.0. The third-order valence-corrected chi connectivity index (χ3v) is 4.20. The number of ether oxygens (including phenoxy) is 1. The monoisotopic (exact) mass is 332 g/mol. The number of aromatic nitrogens is 2. The van der Waals surface area contributed by atoms with Crippen LogP contribution in [-0.2, 0) is 16.1 Å². The molecular formula is C17H24N4O3. The van der Waals surface area contributed by atoms with Gasteiger partial charge in [-0.3, -0.25) is 14.4 Å². The predicted octanol–water partition coefficient (Wildman–Crippen LogP) is 1.36. The van der Waals surface area contributed by atoms with E-state index in [4.69, 9.17) is 9.15 Å². The van der Waals surface area contributed by atoms with Gasteiger partial charge >= 0.3 is 0 Å². The topological polar surface area (TPSA) is 72.5 Å². The third-order valence-electron chi connectivity index (χ3n) is 4.20. The molecule has 1 aliphatic heterocycles. The summed E-state index contributed by atoms with van der Waals surface area (Å²) in [6.45, 7) is 6.16. The summed E-state index contributed by atoms with van der Waals surface area (Å²) in [4.78, 5) is 14.4. The average Bonchev–Trinajstić information content (AvgIpc) is 3.26. The first kappa shape index (κ1) is 16.7. The zero-order chi connectivity index (χ0) is 16.8. The number of carbonyl (C=O) groups excluding carboxylic acids is 1. The molecule has 1 atom stereocenters. The smallest absolute Gasteiger partial charge is 0.221 e. The lowest BCUT2D eigenvalue weighted by molar-refractivity contribution is -0.121. The van der Waals surface area contributed by atoms with Crippen molar-refractivity contribution in [2.24, 2.45) is 0 Å². The van der Waals surface area contributed by atoms with Crippen LogP contribution in [0.4, 0.5) is 0 Å². The quantitative estimate of drug-likeness (QED) is 0.829. The first-order chi connectivity index (χ1) is 11.7. The molecule has 0 spiro atoms. The van der Waals surface area contributed by atoms with Crippen molar-refractivity contribution in [1.82, 2.24) is 20.0 Å². The minimum absolute atomic E-state index is 0.0204. The number of rotatable bonds is 7. The molecule has 0 aliphatic carbocycles. The molecule has 1 fully saturated rings. The van der Waals surface area contributed by atoms with Gasteiger partial charge in [0.2, 0.25) is 5.91 Å². The highest BCUT2D eigenvalue weighted by atomic mass is 16.5. The number of furan rings is 1. The van der Waals surface area contributed by atoms with Crippen LogP contribution in [0.5, 0.6) is 0 Å². The zero-order valence-electron chi connectivity index (χ0n) is 14.0. The molecule has 0 bridgehead atoms. The fraction of sp³-hybridized carbons (Fsp3) is 0.529. The highest BCUT2D eigenvalue weighted by molar-refractivity contribution is 5.75. The molecule has 130 valence electrons. The number of amides is 1. The van der Waals surface area contributed by atoms with E-state index in [9.17, 15) is 4.79 Å². The molecule has 0 aromatic carbocycles. The second kappa shape index (κ2) is 8.12. The van der Waals surface area contributed by atoms with E-state index in [1.165, 1.54) is 0 Å². The van der Waals surface area contributed by atoms with Gasteiger partial charge in [-0.05, 0) is 25.1 Å². The van der Waals surface area contributed by atoms with Crippen LogP contribution in [0, 0.1) is 6.92 Å². The van der Waals surface area contributed by atoms with E-state index in [0.717, 1.165) is 24.6 Å². The fourth-order valence-electron chi connectivity index (χ4n) is 2.88. The van der Waals surface area contributed by atoms with E-state index in [0.29, 0.717) is 32.7 Å². The number of nitrogens with one attached hydrogen (secondary N) is 1. The van der Waals surface area contributed by atoms with Gasteiger partial charge in [0.25, 0.3) is 0 Å². The van der Waals surface area contributed by atoms with Crippen molar-refractivity contribution in [3.8, 4) is 0 Å². The average molecular weight is 332 g/mol. The molecule has 0 saturated carbocycles. The minimum atomic E-state index is 0.0204. The Morgan fingerprint density at radius 2 is 2.21 bits per heavy atom. The van der Waals surface area contributed by atoms with Crippen molar-refractivity contribution in [3.05, 3.63) is 42.1 Å². The maximum absolute atomic E-state index is 12.1. The first-order valence-corrected chi connectivity index (χ1v) is 8.34. The van der Waals surface area contributed by atoms with Crippen molar-refractivity contribution >= 4 is 5.91 Å². The Balaban J connectivity index is 1.55. The van der Waals surface area contributed by atoms with Crippen molar-refractivity contribution in [2.45, 2.75) is 25.9 Å². The zero-order valence-corrected chi connectivity index (χ0v) is 14.0. The molecular weight excluding hydrogens is 308 g/mol. The predicted molar refractivity (Wildman–Crippen MR) is 88.4 cm³/mol. The van der Waals surface area contributed by atoms with Crippen LogP contribution in [0.1, 0.15) is 24.0 Å². The van der Waals surface area contributed by atoms with Gasteiger partial charge in [0.05, 0.1) is 19.3 Å². The van der Waals surface area contributed by atoms with E-state index < -0.39 is 0 Å². The van der Waals surface area contributed by atoms with Crippen molar-refractivity contribution in [3.63, 3.8) is 0 Å². The van der Waals surface area contributed by atoms with Gasteiger partial charge in [0.1, 0.15) is 11.5 Å². The van der Waals surface area contributed by atoms with Crippen LogP contribution < -0.4 is 5.32 Å². The summed E-state index contributed by atoms with van der Waals surface area (Å²) in [5, 5.41) is 7.13. The standard InChI is InChI=1S/C17H24N4O3/c1-14-3-4-16(24-14)15(20-9-11-23-12-10-20)13-18-17(22)5-8-21-7-2-6-19-21/h2-4,6-7,15H,5,8-13H2,1H3,(H,18,22)/t15-/m1/s1. The lowest BCUT2D eigenvalue weighted by atomic mass is 10.1. The molecule has 1 amide bonds. The third kappa shape index (κ3) is 4.46. The normalized spacial score (nSPS) is 16.9. The largest absolute Gasteiger partial charge is 0.465 e. The lowest BCUT2D eigenvalue weighted by Crippen LogP contribution is -2.43. The Bertz CT molecular complexity index is 632. The number of hydrogen-bond donors (Lipinski definition) is 1. The van der Waals surface area contributed by atoms with Crippen LogP contribution in [0.25, 0.3) is 0 Å². The van der Waals surface area contributed by atoms with E-state index in [2.05, 4.69) is 15.3 Å². The molecule has 1 saturated heterocycles. The SMILES string of the molecule is Cc1ccc([C@@H](CNC(=O)CCn2cccn2)N2CCOCC2)o1. The Morgan fingerprint density at radius 1 is 1.38 bits per heavy atom. The lowest BCUT2D eigenvalue weighted by Gasteiger charge is -2.33. The molecule has 7 nitrogen and oxygen atoms in total. The molecule has 24 heavy (non-hydrogen) atoms. The fourth-order valence-corrected chi connectivity index (χ4v) is 2.88. The Labute approximate surface area is 141 Å². The molecule has 1 aliphatic rings. The van der Waals surface area contributed by atoms with Crippen molar-refractivity contribution < 1.29 is 13.9 Å². The molecule has 7 heteroatoms. The van der Waals surface area contributed by atoms with Gasteiger partial charge in [-0.1, -0.05) is 0 Å². The van der Waals surface area contributed by atoms with Gasteiger partial charge in [-0.2, -0.15) is 5.10 Å². The summed E-state index contributed by atoms with van der Waals surface area (Å²) >= 11 is 0. The minimum Gasteiger partial charge on any atom is -0.465 e. The maximum Gasteiger partial charge on any atom is 0.221 e. The van der Waals surface area contributed by atoms with Gasteiger partial charge in [0, 0.05) is 45.0 Å². The van der Waals surface area contributed by atoms with Gasteiger partial charge in [0.15, 0.2) is 0 Å². The molecule has 3 heterocycles. The van der Waals surface area contributed by atoms with Crippen LogP contribution >= 0.6 is 0 Å². The Hall–Kier alpha value is -2.12. The number of hydrogen-bond acceptors (Lipinski definition) is 5. The summed E-state index contributed by atoms with van der Waals surface area (Å²) in [5.41, 5.74) is 0. The summed E-state index contributed by atoms with van der Waals surface area (Å²) in [7, 11) is 0. The van der Waals surface area contributed by atoms with Gasteiger partial charge in [-0.25, -0.2) is 0 Å². The van der Waals surface area contributed by atoms with E-state index in [1.54, 1.807) is 10.9 Å². The summed E-state index contributed by atoms with van der Waals surface area (Å²) in [5.74, 6) is 1.79. The molecule has 0 unspecified atom stereocenters. The summed E-state index contributed by atoms with van der Waals surface area (Å²) in [6.07, 6.45) is 3.98. The van der Waals surface area contributed by atoms with Crippen LogP contribution in [0.3, 0.4) is 0 Å². The number of nitrogens with zero attached hydrogens (tertiary/aromatic N) is 3. The highest BCUT2D eigenvalue weighted by Crippen LogP contribution is 2.23. The van der Waals surface area contributed by atoms with Crippen LogP contribution in [0.15, 0.2) is 35.0 Å². The van der Waals surface area contributed by atoms with E-state index in [1.807, 2.05) is 31.3 Å². The first-order valence-electron chi connectivity index (χ1n) is 8.34. The summed E-state index contributed by atoms with van der Waals surface area (Å²) in [6, 6.07) is 5.84. The molecule has 0 radical (unpaired) electrons. The number of aryl methyl sites for hydroxylation is 2. The Kier molecular flexibility index (Phi) is 5.66. The van der Waals surface area contributed by atoms with Crippen molar-refractivity contribution in [2.75, 3.05) is 32.8 Å². The molecule has 2 aromatic heterocycles. The van der Waals surface area contributed by atoms with Crippen LogP contribution in [-0.4, -0.2) is 53.4 Å². The van der Waals surface area contributed by atoms with E-state index in [-0.39, 0.29) is 11.9 Å². The molecule has 1 N–H and O–H groups in total. The van der Waals surface area contributed by atoms with Gasteiger partial charge < -0.3 is 14.5 Å². The van der Waals surface area contributed by atoms with Crippen molar-refractivity contribution in [1.29, 1.82) is 0 Å². The highest BCUT2D eigenvalue weighted by Gasteiger charge is 2.25. The number of morpholine rings is 1. The van der Waals surface area contributed by atoms with Crippen LogP contribution in [0.2, 0.25) is 0 Å². The maximum atomic E-state index is 12.1. The molecule has 3 rings (SSSR count).